The number of amides is 1. The van der Waals surface area contributed by atoms with E-state index >= 15 is 0 Å². The number of hydrogen-bond donors (Lipinski definition) is 2. The second kappa shape index (κ2) is 6.98. The summed E-state index contributed by atoms with van der Waals surface area (Å²) in [4.78, 5) is 19.2. The number of fused-ring (bicyclic) bond motifs is 1. The molecule has 25 heavy (non-hydrogen) atoms. The van der Waals surface area contributed by atoms with E-state index in [2.05, 4.69) is 26.6 Å². The second-order valence-electron chi connectivity index (χ2n) is 6.85. The minimum atomic E-state index is 0.00638. The van der Waals surface area contributed by atoms with Crippen molar-refractivity contribution in [3.05, 3.63) is 30.6 Å². The maximum atomic E-state index is 12.6. The molecule has 3 heterocycles. The normalized spacial score (nSPS) is 19.5. The van der Waals surface area contributed by atoms with E-state index in [0.29, 0.717) is 5.92 Å². The molecule has 2 aliphatic heterocycles. The monoisotopic (exact) mass is 340 g/mol. The zero-order valence-electron chi connectivity index (χ0n) is 14.5. The number of aromatic nitrogens is 1. The van der Waals surface area contributed by atoms with Crippen molar-refractivity contribution in [2.24, 2.45) is 11.8 Å². The third kappa shape index (κ3) is 3.19. The quantitative estimate of drug-likeness (QED) is 0.889. The van der Waals surface area contributed by atoms with Gasteiger partial charge in [0.15, 0.2) is 0 Å². The van der Waals surface area contributed by atoms with Crippen LogP contribution >= 0.6 is 0 Å². The van der Waals surface area contributed by atoms with Crippen LogP contribution in [0.15, 0.2) is 30.6 Å². The molecule has 4 rings (SSSR count). The molecular formula is C19H24N4O2. The van der Waals surface area contributed by atoms with Gasteiger partial charge in [0.2, 0.25) is 5.91 Å². The van der Waals surface area contributed by atoms with Gasteiger partial charge in [-0.25, -0.2) is 0 Å². The Balaban J connectivity index is 1.62. The van der Waals surface area contributed by atoms with Gasteiger partial charge >= 0.3 is 0 Å². The van der Waals surface area contributed by atoms with Gasteiger partial charge in [-0.2, -0.15) is 0 Å². The van der Waals surface area contributed by atoms with Crippen molar-refractivity contribution >= 4 is 28.1 Å². The fraction of sp³-hybridized carbons (Fsp3) is 0.474. The lowest BCUT2D eigenvalue weighted by molar-refractivity contribution is -0.121. The van der Waals surface area contributed by atoms with Crippen LogP contribution in [-0.2, 0) is 9.53 Å². The Morgan fingerprint density at radius 1 is 1.28 bits per heavy atom. The van der Waals surface area contributed by atoms with E-state index in [9.17, 15) is 4.79 Å². The van der Waals surface area contributed by atoms with Gasteiger partial charge in [-0.3, -0.25) is 9.78 Å². The van der Waals surface area contributed by atoms with Crippen molar-refractivity contribution in [1.29, 1.82) is 0 Å². The number of carbonyl (C=O) groups excluding carboxylic acids is 1. The molecule has 2 N–H and O–H groups in total. The summed E-state index contributed by atoms with van der Waals surface area (Å²) in [7, 11) is 0. The Kier molecular flexibility index (Phi) is 4.55. The summed E-state index contributed by atoms with van der Waals surface area (Å²) < 4.78 is 5.46. The van der Waals surface area contributed by atoms with Crippen molar-refractivity contribution < 1.29 is 9.53 Å². The topological polar surface area (TPSA) is 66.5 Å². The third-order valence-corrected chi connectivity index (χ3v) is 5.34. The number of nitrogens with one attached hydrogen (secondary N) is 2. The number of nitrogens with zero attached hydrogens (tertiary/aromatic N) is 2. The summed E-state index contributed by atoms with van der Waals surface area (Å²) >= 11 is 0. The molecule has 0 saturated carbocycles. The molecule has 1 aromatic carbocycles. The van der Waals surface area contributed by atoms with E-state index in [1.807, 2.05) is 25.3 Å². The first-order valence-corrected chi connectivity index (χ1v) is 8.95. The summed E-state index contributed by atoms with van der Waals surface area (Å²) in [5.41, 5.74) is 2.01. The first kappa shape index (κ1) is 16.3. The number of benzene rings is 1. The minimum Gasteiger partial charge on any atom is -0.378 e. The molecule has 2 fully saturated rings. The van der Waals surface area contributed by atoms with Crippen molar-refractivity contribution in [2.45, 2.75) is 6.92 Å². The summed E-state index contributed by atoms with van der Waals surface area (Å²) in [6.45, 7) is 7.11. The van der Waals surface area contributed by atoms with Gasteiger partial charge in [0.1, 0.15) is 0 Å². The van der Waals surface area contributed by atoms with Crippen LogP contribution in [0.1, 0.15) is 6.92 Å². The fourth-order valence-electron chi connectivity index (χ4n) is 3.49. The minimum absolute atomic E-state index is 0.00638. The molecule has 1 atom stereocenters. The molecule has 2 aromatic rings. The maximum absolute atomic E-state index is 12.6. The van der Waals surface area contributed by atoms with E-state index in [1.165, 1.54) is 5.69 Å². The van der Waals surface area contributed by atoms with Crippen molar-refractivity contribution in [1.82, 2.24) is 10.3 Å². The lowest BCUT2D eigenvalue weighted by Crippen LogP contribution is -2.48. The molecule has 0 aliphatic carbocycles. The first-order valence-electron chi connectivity index (χ1n) is 8.95. The highest BCUT2D eigenvalue weighted by Crippen LogP contribution is 2.32. The molecule has 6 nitrogen and oxygen atoms in total. The van der Waals surface area contributed by atoms with Crippen LogP contribution in [0.3, 0.4) is 0 Å². The summed E-state index contributed by atoms with van der Waals surface area (Å²) in [6, 6.07) is 6.12. The first-order chi connectivity index (χ1) is 12.2. The molecule has 1 amide bonds. The molecule has 1 aromatic heterocycles. The van der Waals surface area contributed by atoms with Gasteiger partial charge in [0.05, 0.1) is 18.9 Å². The zero-order valence-corrected chi connectivity index (χ0v) is 14.5. The van der Waals surface area contributed by atoms with E-state index in [0.717, 1.165) is 55.9 Å². The summed E-state index contributed by atoms with van der Waals surface area (Å²) in [5, 5.41) is 8.45. The highest BCUT2D eigenvalue weighted by molar-refractivity contribution is 6.06. The van der Waals surface area contributed by atoms with E-state index in [-0.39, 0.29) is 11.8 Å². The van der Waals surface area contributed by atoms with Gasteiger partial charge in [0.25, 0.3) is 0 Å². The molecule has 2 saturated heterocycles. The number of hydrogen-bond acceptors (Lipinski definition) is 5. The van der Waals surface area contributed by atoms with Gasteiger partial charge in [-0.15, -0.1) is 0 Å². The number of rotatable bonds is 4. The van der Waals surface area contributed by atoms with E-state index < -0.39 is 0 Å². The molecule has 0 spiro atoms. The zero-order chi connectivity index (χ0) is 17.2. The maximum Gasteiger partial charge on any atom is 0.227 e. The Bertz CT molecular complexity index is 769. The SMILES string of the molecule is CC(C(=O)Nc1ccc(N2CCOCC2)c2ccncc12)C1CNC1. The molecule has 6 heteroatoms. The summed E-state index contributed by atoms with van der Waals surface area (Å²) in [5.74, 6) is 0.514. The second-order valence-corrected chi connectivity index (χ2v) is 6.85. The number of carbonyl (C=O) groups is 1. The van der Waals surface area contributed by atoms with Crippen molar-refractivity contribution in [2.75, 3.05) is 49.6 Å². The number of pyridine rings is 1. The molecular weight excluding hydrogens is 316 g/mol. The smallest absolute Gasteiger partial charge is 0.227 e. The number of anilines is 2. The van der Waals surface area contributed by atoms with Crippen LogP contribution in [0.25, 0.3) is 10.8 Å². The van der Waals surface area contributed by atoms with Crippen LogP contribution < -0.4 is 15.5 Å². The van der Waals surface area contributed by atoms with Gasteiger partial charge in [-0.05, 0) is 37.2 Å². The predicted molar refractivity (Wildman–Crippen MR) is 98.9 cm³/mol. The largest absolute Gasteiger partial charge is 0.378 e. The lowest BCUT2D eigenvalue weighted by atomic mass is 9.88. The molecule has 0 radical (unpaired) electrons. The standard InChI is InChI=1S/C19H24N4O2/c1-13(14-10-21-11-14)19(24)22-17-2-3-18(23-6-8-25-9-7-23)15-4-5-20-12-16(15)17/h2-5,12-14,21H,6-11H2,1H3,(H,22,24). The van der Waals surface area contributed by atoms with Gasteiger partial charge in [0, 0.05) is 47.9 Å². The molecule has 0 bridgehead atoms. The van der Waals surface area contributed by atoms with Crippen LogP contribution in [0.5, 0.6) is 0 Å². The molecule has 1 unspecified atom stereocenters. The average molecular weight is 340 g/mol. The Morgan fingerprint density at radius 3 is 2.80 bits per heavy atom. The van der Waals surface area contributed by atoms with Gasteiger partial charge in [-0.1, -0.05) is 6.92 Å². The number of ether oxygens (including phenoxy) is 1. The van der Waals surface area contributed by atoms with Gasteiger partial charge < -0.3 is 20.3 Å². The highest BCUT2D eigenvalue weighted by Gasteiger charge is 2.29. The lowest BCUT2D eigenvalue weighted by Gasteiger charge is -2.32. The predicted octanol–water partition coefficient (Wildman–Crippen LogP) is 1.87. The highest BCUT2D eigenvalue weighted by atomic mass is 16.5. The fourth-order valence-corrected chi connectivity index (χ4v) is 3.49. The Hall–Kier alpha value is -2.18. The Morgan fingerprint density at radius 2 is 2.08 bits per heavy atom. The van der Waals surface area contributed by atoms with Crippen LogP contribution in [0.4, 0.5) is 11.4 Å². The molecule has 2 aliphatic rings. The van der Waals surface area contributed by atoms with Crippen LogP contribution in [-0.4, -0.2) is 50.3 Å². The van der Waals surface area contributed by atoms with E-state index in [1.54, 1.807) is 6.20 Å². The van der Waals surface area contributed by atoms with Crippen LogP contribution in [0, 0.1) is 11.8 Å². The summed E-state index contributed by atoms with van der Waals surface area (Å²) in [6.07, 6.45) is 3.64. The van der Waals surface area contributed by atoms with Crippen molar-refractivity contribution in [3.63, 3.8) is 0 Å². The van der Waals surface area contributed by atoms with Crippen molar-refractivity contribution in [3.8, 4) is 0 Å². The average Bonchev–Trinajstić information content (AvgIpc) is 2.61. The third-order valence-electron chi connectivity index (χ3n) is 5.34. The Labute approximate surface area is 147 Å². The number of morpholine rings is 1. The van der Waals surface area contributed by atoms with Crippen LogP contribution in [0.2, 0.25) is 0 Å². The van der Waals surface area contributed by atoms with E-state index in [4.69, 9.17) is 4.74 Å². The molecule has 132 valence electrons.